The first-order chi connectivity index (χ1) is 7.86. The van der Waals surface area contributed by atoms with Crippen LogP contribution in [0.5, 0.6) is 0 Å². The van der Waals surface area contributed by atoms with Crippen LogP contribution in [0.2, 0.25) is 0 Å². The lowest BCUT2D eigenvalue weighted by molar-refractivity contribution is 0.0607. The molecule has 2 atom stereocenters. The molecule has 0 heterocycles. The zero-order valence-electron chi connectivity index (χ0n) is 9.56. The Morgan fingerprint density at radius 1 is 1.25 bits per heavy atom. The van der Waals surface area contributed by atoms with E-state index in [2.05, 4.69) is 36.4 Å². The number of hydrogen-bond donors (Lipinski definition) is 0. The minimum atomic E-state index is 0.388. The van der Waals surface area contributed by atoms with Crippen molar-refractivity contribution in [2.75, 3.05) is 6.61 Å². The van der Waals surface area contributed by atoms with E-state index in [0.717, 1.165) is 19.1 Å². The van der Waals surface area contributed by atoms with Gasteiger partial charge in [0.15, 0.2) is 0 Å². The lowest BCUT2D eigenvalue weighted by Crippen LogP contribution is -2.19. The second kappa shape index (κ2) is 4.06. The number of ether oxygens (including phenoxy) is 1. The van der Waals surface area contributed by atoms with E-state index in [4.69, 9.17) is 4.74 Å². The van der Waals surface area contributed by atoms with Gasteiger partial charge in [0.1, 0.15) is 0 Å². The Hall–Kier alpha value is -1.08. The van der Waals surface area contributed by atoms with Crippen molar-refractivity contribution in [3.05, 3.63) is 48.0 Å². The fraction of sp³-hybridized carbons (Fsp3) is 0.467. The maximum atomic E-state index is 5.87. The summed E-state index contributed by atoms with van der Waals surface area (Å²) < 4.78 is 5.87. The first-order valence-electron chi connectivity index (χ1n) is 6.17. The molecule has 0 spiro atoms. The van der Waals surface area contributed by atoms with Crippen molar-refractivity contribution >= 4 is 0 Å². The van der Waals surface area contributed by atoms with Crippen LogP contribution in [0.3, 0.4) is 0 Å². The third-order valence-electron chi connectivity index (χ3n) is 3.90. The fourth-order valence-electron chi connectivity index (χ4n) is 2.98. The predicted molar refractivity (Wildman–Crippen MR) is 65.0 cm³/mol. The molecule has 84 valence electrons. The molecule has 1 aromatic carbocycles. The number of benzene rings is 1. The predicted octanol–water partition coefficient (Wildman–Crippen LogP) is 3.56. The first-order valence-corrected chi connectivity index (χ1v) is 6.17. The molecule has 1 heteroatoms. The lowest BCUT2D eigenvalue weighted by Gasteiger charge is -2.23. The number of allylic oxidation sites excluding steroid dienone is 1. The minimum Gasteiger partial charge on any atom is -0.376 e. The number of hydrogen-bond acceptors (Lipinski definition) is 1. The van der Waals surface area contributed by atoms with Crippen molar-refractivity contribution < 1.29 is 4.74 Å². The molecule has 0 radical (unpaired) electrons. The van der Waals surface area contributed by atoms with Gasteiger partial charge in [-0.05, 0) is 30.7 Å². The van der Waals surface area contributed by atoms with Crippen molar-refractivity contribution in [3.63, 3.8) is 0 Å². The summed E-state index contributed by atoms with van der Waals surface area (Å²) in [7, 11) is 0. The zero-order valence-corrected chi connectivity index (χ0v) is 9.56. The van der Waals surface area contributed by atoms with Crippen LogP contribution in [0, 0.1) is 11.3 Å². The molecule has 2 unspecified atom stereocenters. The summed E-state index contributed by atoms with van der Waals surface area (Å²) in [4.78, 5) is 0. The molecule has 3 rings (SSSR count). The van der Waals surface area contributed by atoms with Gasteiger partial charge in [-0.3, -0.25) is 0 Å². The van der Waals surface area contributed by atoms with E-state index >= 15 is 0 Å². The van der Waals surface area contributed by atoms with Gasteiger partial charge in [-0.1, -0.05) is 42.5 Å². The summed E-state index contributed by atoms with van der Waals surface area (Å²) in [6.45, 7) is 1.65. The van der Waals surface area contributed by atoms with Gasteiger partial charge in [-0.2, -0.15) is 0 Å². The molecule has 0 amide bonds. The molecule has 1 nitrogen and oxygen atoms in total. The van der Waals surface area contributed by atoms with Crippen molar-refractivity contribution in [2.45, 2.75) is 25.9 Å². The Kier molecular flexibility index (Phi) is 2.56. The molecule has 2 aliphatic rings. The largest absolute Gasteiger partial charge is 0.376 e. The molecule has 0 aliphatic heterocycles. The van der Waals surface area contributed by atoms with Crippen molar-refractivity contribution in [3.8, 4) is 0 Å². The zero-order chi connectivity index (χ0) is 10.8. The maximum absolute atomic E-state index is 5.87. The monoisotopic (exact) mass is 214 g/mol. The van der Waals surface area contributed by atoms with Gasteiger partial charge in [0.2, 0.25) is 0 Å². The van der Waals surface area contributed by atoms with Crippen LogP contribution < -0.4 is 0 Å². The lowest BCUT2D eigenvalue weighted by atomic mass is 9.89. The number of rotatable bonds is 4. The highest BCUT2D eigenvalue weighted by Crippen LogP contribution is 2.49. The standard InChI is InChI=1S/C15H18O/c1-2-4-14(5-3-1)11-16-12-15-8-6-13(10-15)7-9-15/h1-6,8,13H,7,9-12H2. The summed E-state index contributed by atoms with van der Waals surface area (Å²) in [5.41, 5.74) is 1.66. The van der Waals surface area contributed by atoms with E-state index < -0.39 is 0 Å². The van der Waals surface area contributed by atoms with Gasteiger partial charge >= 0.3 is 0 Å². The first kappa shape index (κ1) is 10.1. The summed E-state index contributed by atoms with van der Waals surface area (Å²) >= 11 is 0. The molecule has 0 saturated heterocycles. The summed E-state index contributed by atoms with van der Waals surface area (Å²) in [6.07, 6.45) is 8.79. The summed E-state index contributed by atoms with van der Waals surface area (Å²) in [6, 6.07) is 10.4. The molecule has 0 aromatic heterocycles. The van der Waals surface area contributed by atoms with E-state index in [1.165, 1.54) is 24.8 Å². The molecular formula is C15H18O. The molecule has 2 aliphatic carbocycles. The maximum Gasteiger partial charge on any atom is 0.0717 e. The van der Waals surface area contributed by atoms with E-state index in [9.17, 15) is 0 Å². The van der Waals surface area contributed by atoms with Gasteiger partial charge in [0, 0.05) is 5.41 Å². The average Bonchev–Trinajstić information content (AvgIpc) is 2.91. The second-order valence-electron chi connectivity index (χ2n) is 5.20. The van der Waals surface area contributed by atoms with Crippen LogP contribution in [0.25, 0.3) is 0 Å². The second-order valence-corrected chi connectivity index (χ2v) is 5.20. The van der Waals surface area contributed by atoms with E-state index in [0.29, 0.717) is 5.41 Å². The van der Waals surface area contributed by atoms with Crippen molar-refractivity contribution in [1.29, 1.82) is 0 Å². The van der Waals surface area contributed by atoms with Crippen LogP contribution in [0.1, 0.15) is 24.8 Å². The van der Waals surface area contributed by atoms with Gasteiger partial charge in [-0.15, -0.1) is 0 Å². The van der Waals surface area contributed by atoms with Crippen LogP contribution >= 0.6 is 0 Å². The van der Waals surface area contributed by atoms with Crippen molar-refractivity contribution in [1.82, 2.24) is 0 Å². The molecule has 2 bridgehead atoms. The molecule has 0 N–H and O–H groups in total. The summed E-state index contributed by atoms with van der Waals surface area (Å²) in [5, 5.41) is 0. The molecular weight excluding hydrogens is 196 g/mol. The SMILES string of the molecule is C1=CC2(COCc3ccccc3)CCC1C2. The van der Waals surface area contributed by atoms with Crippen molar-refractivity contribution in [2.24, 2.45) is 11.3 Å². The molecule has 1 fully saturated rings. The Balaban J connectivity index is 1.53. The van der Waals surface area contributed by atoms with Crippen LogP contribution in [0.4, 0.5) is 0 Å². The third-order valence-corrected chi connectivity index (χ3v) is 3.90. The molecule has 1 saturated carbocycles. The fourth-order valence-corrected chi connectivity index (χ4v) is 2.98. The van der Waals surface area contributed by atoms with Gasteiger partial charge in [0.05, 0.1) is 13.2 Å². The van der Waals surface area contributed by atoms with Gasteiger partial charge < -0.3 is 4.74 Å². The van der Waals surface area contributed by atoms with Gasteiger partial charge in [-0.25, -0.2) is 0 Å². The number of fused-ring (bicyclic) bond motifs is 2. The third kappa shape index (κ3) is 1.92. The smallest absolute Gasteiger partial charge is 0.0717 e. The molecule has 1 aromatic rings. The van der Waals surface area contributed by atoms with E-state index in [1.54, 1.807) is 0 Å². The Bertz CT molecular complexity index is 382. The highest BCUT2D eigenvalue weighted by molar-refractivity contribution is 5.16. The normalized spacial score (nSPS) is 31.1. The van der Waals surface area contributed by atoms with E-state index in [1.807, 2.05) is 6.07 Å². The highest BCUT2D eigenvalue weighted by Gasteiger charge is 2.40. The quantitative estimate of drug-likeness (QED) is 0.696. The van der Waals surface area contributed by atoms with Crippen LogP contribution in [-0.2, 0) is 11.3 Å². The highest BCUT2D eigenvalue weighted by atomic mass is 16.5. The van der Waals surface area contributed by atoms with Gasteiger partial charge in [0.25, 0.3) is 0 Å². The molecule has 16 heavy (non-hydrogen) atoms. The Morgan fingerprint density at radius 2 is 2.12 bits per heavy atom. The van der Waals surface area contributed by atoms with Crippen LogP contribution in [0.15, 0.2) is 42.5 Å². The van der Waals surface area contributed by atoms with E-state index in [-0.39, 0.29) is 0 Å². The summed E-state index contributed by atoms with van der Waals surface area (Å²) in [5.74, 6) is 0.848. The average molecular weight is 214 g/mol. The Labute approximate surface area is 97.1 Å². The topological polar surface area (TPSA) is 9.23 Å². The minimum absolute atomic E-state index is 0.388. The Morgan fingerprint density at radius 3 is 2.75 bits per heavy atom. The van der Waals surface area contributed by atoms with Crippen LogP contribution in [-0.4, -0.2) is 6.61 Å².